The van der Waals surface area contributed by atoms with Crippen LogP contribution < -0.4 is 4.90 Å². The molecule has 0 saturated carbocycles. The monoisotopic (exact) mass is 271 g/mol. The molecule has 0 aliphatic carbocycles. The molecule has 0 N–H and O–H groups in total. The summed E-state index contributed by atoms with van der Waals surface area (Å²) < 4.78 is 5.37. The molecule has 1 aliphatic heterocycles. The van der Waals surface area contributed by atoms with Gasteiger partial charge in [-0.1, -0.05) is 23.4 Å². The second kappa shape index (κ2) is 5.29. The Morgan fingerprint density at radius 2 is 2.15 bits per heavy atom. The molecule has 0 spiro atoms. The average Bonchev–Trinajstić information content (AvgIpc) is 2.78. The van der Waals surface area contributed by atoms with Crippen LogP contribution in [-0.2, 0) is 13.1 Å². The lowest BCUT2D eigenvalue weighted by Gasteiger charge is -2.27. The van der Waals surface area contributed by atoms with Crippen LogP contribution in [0, 0.1) is 6.92 Å². The fraction of sp³-hybridized carbons (Fsp3) is 0.438. The van der Waals surface area contributed by atoms with Crippen LogP contribution in [0.3, 0.4) is 0 Å². The van der Waals surface area contributed by atoms with Gasteiger partial charge < -0.3 is 9.42 Å². The SMILES string of the molecule is Cc1cc(CN2Cc3ccccc3N(C)CC2C)on1. The minimum Gasteiger partial charge on any atom is -0.373 e. The smallest absolute Gasteiger partial charge is 0.150 e. The molecule has 4 nitrogen and oxygen atoms in total. The standard InChI is InChI=1S/C16H21N3O/c1-12-8-15(20-17-12)11-19-10-14-6-4-5-7-16(14)18(3)9-13(19)2/h4-8,13H,9-11H2,1-3H3. The first-order valence-corrected chi connectivity index (χ1v) is 7.09. The molecule has 2 aromatic rings. The first-order valence-electron chi connectivity index (χ1n) is 7.09. The Morgan fingerprint density at radius 3 is 2.90 bits per heavy atom. The van der Waals surface area contributed by atoms with Crippen molar-refractivity contribution in [3.63, 3.8) is 0 Å². The number of benzene rings is 1. The van der Waals surface area contributed by atoms with Crippen LogP contribution in [-0.4, -0.2) is 29.7 Å². The molecule has 1 unspecified atom stereocenters. The van der Waals surface area contributed by atoms with Crippen molar-refractivity contribution in [1.82, 2.24) is 10.1 Å². The van der Waals surface area contributed by atoms with E-state index in [2.05, 4.69) is 53.2 Å². The van der Waals surface area contributed by atoms with Gasteiger partial charge in [-0.25, -0.2) is 0 Å². The molecule has 1 aliphatic rings. The predicted molar refractivity (Wildman–Crippen MR) is 79.7 cm³/mol. The van der Waals surface area contributed by atoms with Crippen molar-refractivity contribution >= 4 is 5.69 Å². The lowest BCUT2D eigenvalue weighted by atomic mass is 10.1. The molecular formula is C16H21N3O. The summed E-state index contributed by atoms with van der Waals surface area (Å²) in [6.45, 7) is 7.00. The maximum atomic E-state index is 5.37. The van der Waals surface area contributed by atoms with E-state index >= 15 is 0 Å². The van der Waals surface area contributed by atoms with Gasteiger partial charge in [0.15, 0.2) is 5.76 Å². The van der Waals surface area contributed by atoms with Gasteiger partial charge in [-0.05, 0) is 25.5 Å². The lowest BCUT2D eigenvalue weighted by molar-refractivity contribution is 0.177. The van der Waals surface area contributed by atoms with Gasteiger partial charge in [0.2, 0.25) is 0 Å². The Bertz CT molecular complexity index is 593. The fourth-order valence-corrected chi connectivity index (χ4v) is 2.90. The van der Waals surface area contributed by atoms with E-state index < -0.39 is 0 Å². The van der Waals surface area contributed by atoms with Gasteiger partial charge >= 0.3 is 0 Å². The number of rotatable bonds is 2. The number of aromatic nitrogens is 1. The number of anilines is 1. The van der Waals surface area contributed by atoms with E-state index in [4.69, 9.17) is 4.52 Å². The third-order valence-electron chi connectivity index (χ3n) is 3.97. The molecule has 1 aromatic heterocycles. The highest BCUT2D eigenvalue weighted by Crippen LogP contribution is 2.26. The quantitative estimate of drug-likeness (QED) is 0.841. The van der Waals surface area contributed by atoms with Crippen molar-refractivity contribution in [2.45, 2.75) is 33.0 Å². The summed E-state index contributed by atoms with van der Waals surface area (Å²) in [6, 6.07) is 11.1. The van der Waals surface area contributed by atoms with Crippen LogP contribution in [0.15, 0.2) is 34.9 Å². The summed E-state index contributed by atoms with van der Waals surface area (Å²) >= 11 is 0. The molecule has 3 rings (SSSR count). The average molecular weight is 271 g/mol. The molecule has 2 heterocycles. The molecule has 0 saturated heterocycles. The highest BCUT2D eigenvalue weighted by molar-refractivity contribution is 5.53. The van der Waals surface area contributed by atoms with Crippen LogP contribution in [0.4, 0.5) is 5.69 Å². The van der Waals surface area contributed by atoms with Gasteiger partial charge in [0.05, 0.1) is 12.2 Å². The van der Waals surface area contributed by atoms with Crippen molar-refractivity contribution < 1.29 is 4.52 Å². The Kier molecular flexibility index (Phi) is 3.49. The first kappa shape index (κ1) is 13.2. The third kappa shape index (κ3) is 2.56. The molecule has 0 amide bonds. The van der Waals surface area contributed by atoms with Gasteiger partial charge in [-0.15, -0.1) is 0 Å². The summed E-state index contributed by atoms with van der Waals surface area (Å²) in [5.41, 5.74) is 3.64. The lowest BCUT2D eigenvalue weighted by Crippen LogP contribution is -2.37. The molecular weight excluding hydrogens is 250 g/mol. The fourth-order valence-electron chi connectivity index (χ4n) is 2.90. The number of nitrogens with zero attached hydrogens (tertiary/aromatic N) is 3. The van der Waals surface area contributed by atoms with Crippen LogP contribution in [0.25, 0.3) is 0 Å². The third-order valence-corrected chi connectivity index (χ3v) is 3.97. The Morgan fingerprint density at radius 1 is 1.35 bits per heavy atom. The predicted octanol–water partition coefficient (Wildman–Crippen LogP) is 2.82. The second-order valence-corrected chi connectivity index (χ2v) is 5.70. The summed E-state index contributed by atoms with van der Waals surface area (Å²) in [5.74, 6) is 0.941. The maximum Gasteiger partial charge on any atom is 0.150 e. The van der Waals surface area contributed by atoms with Crippen molar-refractivity contribution in [2.75, 3.05) is 18.5 Å². The highest BCUT2D eigenvalue weighted by Gasteiger charge is 2.24. The zero-order valence-corrected chi connectivity index (χ0v) is 12.3. The molecule has 4 heteroatoms. The zero-order valence-electron chi connectivity index (χ0n) is 12.3. The van der Waals surface area contributed by atoms with Gasteiger partial charge in [-0.2, -0.15) is 0 Å². The molecule has 1 aromatic carbocycles. The molecule has 1 atom stereocenters. The number of aryl methyl sites for hydroxylation is 1. The topological polar surface area (TPSA) is 32.5 Å². The molecule has 20 heavy (non-hydrogen) atoms. The first-order chi connectivity index (χ1) is 9.63. The van der Waals surface area contributed by atoms with E-state index in [0.29, 0.717) is 6.04 Å². The largest absolute Gasteiger partial charge is 0.373 e. The normalized spacial score (nSPS) is 19.8. The minimum atomic E-state index is 0.470. The van der Waals surface area contributed by atoms with E-state index in [-0.39, 0.29) is 0 Å². The van der Waals surface area contributed by atoms with Gasteiger partial charge in [0, 0.05) is 37.9 Å². The Hall–Kier alpha value is -1.81. The second-order valence-electron chi connectivity index (χ2n) is 5.70. The minimum absolute atomic E-state index is 0.470. The number of para-hydroxylation sites is 1. The number of likely N-dealkylation sites (N-methyl/N-ethyl adjacent to an activating group) is 1. The van der Waals surface area contributed by atoms with E-state index in [9.17, 15) is 0 Å². The summed E-state index contributed by atoms with van der Waals surface area (Å²) in [4.78, 5) is 4.79. The molecule has 0 fully saturated rings. The summed E-state index contributed by atoms with van der Waals surface area (Å²) in [6.07, 6.45) is 0. The highest BCUT2D eigenvalue weighted by atomic mass is 16.5. The van der Waals surface area contributed by atoms with Gasteiger partial charge in [-0.3, -0.25) is 4.90 Å². The van der Waals surface area contributed by atoms with Crippen LogP contribution >= 0.6 is 0 Å². The van der Waals surface area contributed by atoms with E-state index in [1.165, 1.54) is 11.3 Å². The van der Waals surface area contributed by atoms with Crippen molar-refractivity contribution in [2.24, 2.45) is 0 Å². The van der Waals surface area contributed by atoms with Crippen LogP contribution in [0.1, 0.15) is 23.9 Å². The van der Waals surface area contributed by atoms with Crippen molar-refractivity contribution in [3.05, 3.63) is 47.3 Å². The van der Waals surface area contributed by atoms with Gasteiger partial charge in [0.25, 0.3) is 0 Å². The van der Waals surface area contributed by atoms with Crippen LogP contribution in [0.2, 0.25) is 0 Å². The van der Waals surface area contributed by atoms with Crippen LogP contribution in [0.5, 0.6) is 0 Å². The Labute approximate surface area is 120 Å². The number of hydrogen-bond donors (Lipinski definition) is 0. The van der Waals surface area contributed by atoms with Crippen molar-refractivity contribution in [3.8, 4) is 0 Å². The molecule has 106 valence electrons. The van der Waals surface area contributed by atoms with E-state index in [0.717, 1.165) is 31.1 Å². The van der Waals surface area contributed by atoms with E-state index in [1.54, 1.807) is 0 Å². The summed E-state index contributed by atoms with van der Waals surface area (Å²) in [5, 5.41) is 3.98. The Balaban J connectivity index is 1.85. The zero-order chi connectivity index (χ0) is 14.1. The van der Waals surface area contributed by atoms with Crippen molar-refractivity contribution in [1.29, 1.82) is 0 Å². The number of hydrogen-bond acceptors (Lipinski definition) is 4. The van der Waals surface area contributed by atoms with E-state index in [1.807, 2.05) is 13.0 Å². The maximum absolute atomic E-state index is 5.37. The summed E-state index contributed by atoms with van der Waals surface area (Å²) in [7, 11) is 2.16. The number of fused-ring (bicyclic) bond motifs is 1. The van der Waals surface area contributed by atoms with Gasteiger partial charge in [0.1, 0.15) is 0 Å². The molecule has 0 radical (unpaired) electrons. The molecule has 0 bridgehead atoms.